The molecule has 5 fully saturated rings. The zero-order chi connectivity index (χ0) is 37.7. The van der Waals surface area contributed by atoms with E-state index in [4.69, 9.17) is 4.74 Å². The number of carbonyl (C=O) groups is 4. The first-order valence-corrected chi connectivity index (χ1v) is 19.8. The van der Waals surface area contributed by atoms with Crippen molar-refractivity contribution < 1.29 is 37.8 Å². The highest BCUT2D eigenvalue weighted by Crippen LogP contribution is 2.76. The third-order valence-corrected chi connectivity index (χ3v) is 16.3. The van der Waals surface area contributed by atoms with Crippen molar-refractivity contribution in [2.75, 3.05) is 0 Å². The fraction of sp³-hybridized carbons (Fsp3) is 0.857. The van der Waals surface area contributed by atoms with E-state index < -0.39 is 28.7 Å². The average Bonchev–Trinajstić information content (AvgIpc) is 3.33. The third kappa shape index (κ3) is 5.83. The second kappa shape index (κ2) is 12.4. The van der Waals surface area contributed by atoms with Crippen molar-refractivity contribution in [1.82, 2.24) is 5.32 Å². The van der Waals surface area contributed by atoms with E-state index in [9.17, 15) is 33.1 Å². The van der Waals surface area contributed by atoms with E-state index in [1.165, 1.54) is 0 Å². The minimum Gasteiger partial charge on any atom is -0.481 e. The number of aliphatic carboxylic acids is 1. The lowest BCUT2D eigenvalue weighted by Crippen LogP contribution is -2.66. The molecule has 6 rings (SSSR count). The summed E-state index contributed by atoms with van der Waals surface area (Å²) >= 11 is 0. The minimum absolute atomic E-state index is 0.00320. The second-order valence-corrected chi connectivity index (χ2v) is 20.1. The van der Waals surface area contributed by atoms with Crippen LogP contribution in [0.1, 0.15) is 152 Å². The van der Waals surface area contributed by atoms with Crippen LogP contribution in [-0.2, 0) is 23.9 Å². The molecule has 0 bridgehead atoms. The normalized spacial score (nSPS) is 40.5. The summed E-state index contributed by atoms with van der Waals surface area (Å²) in [5, 5.41) is 12.8. The fourth-order valence-corrected chi connectivity index (χ4v) is 13.2. The lowest BCUT2D eigenvalue weighted by molar-refractivity contribution is -0.233. The molecule has 286 valence electrons. The molecule has 0 heterocycles. The lowest BCUT2D eigenvalue weighted by atomic mass is 9.33. The Balaban J connectivity index is 1.28. The van der Waals surface area contributed by atoms with Crippen LogP contribution in [0.3, 0.4) is 0 Å². The number of carbonyl (C=O) groups excluding carboxylic acids is 3. The van der Waals surface area contributed by atoms with Gasteiger partial charge in [-0.15, -0.1) is 0 Å². The Kier molecular flexibility index (Phi) is 9.31. The SMILES string of the molecule is CC(C)C1=C2C3CCC4[C@@]5(C)CC[C@H](OC(=O)CC(C)(C)C(=O)O)C(C)(C)C5CC[C@@]4(C)[C@]3(C)CC[C@@]2(C(=O)NC2CCC(F)(F)CC2)CC1=O. The van der Waals surface area contributed by atoms with Gasteiger partial charge in [0.05, 0.1) is 17.3 Å². The molecule has 9 heteroatoms. The third-order valence-electron chi connectivity index (χ3n) is 16.3. The first-order valence-electron chi connectivity index (χ1n) is 19.8. The molecule has 6 aliphatic rings. The molecule has 0 aromatic rings. The monoisotopic (exact) mass is 715 g/mol. The molecule has 3 unspecified atom stereocenters. The summed E-state index contributed by atoms with van der Waals surface area (Å²) in [6.45, 7) is 19.1. The first kappa shape index (κ1) is 38.4. The Labute approximate surface area is 303 Å². The number of ether oxygens (including phenoxy) is 1. The summed E-state index contributed by atoms with van der Waals surface area (Å²) < 4.78 is 34.1. The first-order chi connectivity index (χ1) is 23.5. The molecule has 0 aromatic heterocycles. The topological polar surface area (TPSA) is 110 Å². The number of nitrogens with one attached hydrogen (secondary N) is 1. The second-order valence-electron chi connectivity index (χ2n) is 20.1. The maximum absolute atomic E-state index is 14.5. The van der Waals surface area contributed by atoms with E-state index >= 15 is 0 Å². The largest absolute Gasteiger partial charge is 0.481 e. The summed E-state index contributed by atoms with van der Waals surface area (Å²) in [5.74, 6) is -3.35. The van der Waals surface area contributed by atoms with Crippen LogP contribution < -0.4 is 5.32 Å². The van der Waals surface area contributed by atoms with Crippen LogP contribution in [0.15, 0.2) is 11.1 Å². The Morgan fingerprint density at radius 3 is 2.12 bits per heavy atom. The van der Waals surface area contributed by atoms with Crippen LogP contribution in [0, 0.1) is 56.2 Å². The van der Waals surface area contributed by atoms with Gasteiger partial charge in [0.15, 0.2) is 5.78 Å². The molecule has 2 N–H and O–H groups in total. The summed E-state index contributed by atoms with van der Waals surface area (Å²) in [5.41, 5.74) is -0.626. The standard InChI is InChI=1S/C42H63F2NO6/c1-24(2)32-27(46)22-41(34(48)45-25-12-18-42(43,44)19-13-25)21-20-39(8)26(33(32)41)10-11-29-38(7)16-15-30(51-31(47)23-36(3,4)35(49)50)37(5,6)28(38)14-17-40(29,39)9/h24-26,28-30H,10-23H2,1-9H3,(H,45,48)(H,49,50)/t26?,28?,29?,30-,38-,39+,40+,41+/m0/s1. The highest BCUT2D eigenvalue weighted by atomic mass is 19.3. The van der Waals surface area contributed by atoms with Gasteiger partial charge in [0.1, 0.15) is 6.10 Å². The van der Waals surface area contributed by atoms with Gasteiger partial charge in [-0.3, -0.25) is 19.2 Å². The van der Waals surface area contributed by atoms with Crippen molar-refractivity contribution in [3.63, 3.8) is 0 Å². The van der Waals surface area contributed by atoms with E-state index in [0.29, 0.717) is 18.3 Å². The number of ketones is 1. The molecule has 5 saturated carbocycles. The Hall–Kier alpha value is -2.32. The molecule has 51 heavy (non-hydrogen) atoms. The van der Waals surface area contributed by atoms with Gasteiger partial charge in [0.2, 0.25) is 11.8 Å². The van der Waals surface area contributed by atoms with Crippen molar-refractivity contribution in [3.05, 3.63) is 11.1 Å². The van der Waals surface area contributed by atoms with Crippen LogP contribution in [-0.4, -0.2) is 46.8 Å². The predicted octanol–water partition coefficient (Wildman–Crippen LogP) is 9.07. The number of esters is 1. The number of halogens is 2. The minimum atomic E-state index is -2.67. The molecule has 0 saturated heterocycles. The number of hydrogen-bond acceptors (Lipinski definition) is 5. The molecule has 0 aromatic carbocycles. The number of fused-ring (bicyclic) bond motifs is 7. The molecule has 0 radical (unpaired) electrons. The fourth-order valence-electron chi connectivity index (χ4n) is 13.2. The summed E-state index contributed by atoms with van der Waals surface area (Å²) in [6, 6.07) is -0.288. The molecule has 7 nitrogen and oxygen atoms in total. The van der Waals surface area contributed by atoms with E-state index in [1.807, 2.05) is 0 Å². The van der Waals surface area contributed by atoms with Gasteiger partial charge in [-0.05, 0) is 129 Å². The number of carboxylic acid groups (broad SMARTS) is 1. The molecule has 6 aliphatic carbocycles. The van der Waals surface area contributed by atoms with Crippen molar-refractivity contribution in [3.8, 4) is 0 Å². The number of hydrogen-bond donors (Lipinski definition) is 2. The summed E-state index contributed by atoms with van der Waals surface area (Å²) in [6.07, 6.45) is 6.84. The maximum atomic E-state index is 14.5. The lowest BCUT2D eigenvalue weighted by Gasteiger charge is -2.72. The summed E-state index contributed by atoms with van der Waals surface area (Å²) in [7, 11) is 0. The number of rotatable bonds is 7. The zero-order valence-corrected chi connectivity index (χ0v) is 32.6. The highest BCUT2D eigenvalue weighted by molar-refractivity contribution is 6.07. The summed E-state index contributed by atoms with van der Waals surface area (Å²) in [4.78, 5) is 53.2. The zero-order valence-electron chi connectivity index (χ0n) is 32.6. The van der Waals surface area contributed by atoms with Gasteiger partial charge in [-0.25, -0.2) is 8.78 Å². The van der Waals surface area contributed by atoms with E-state index in [-0.39, 0.29) is 95.9 Å². The molecular weight excluding hydrogens is 652 g/mol. The number of allylic oxidation sites excluding steroid dienone is 1. The smallest absolute Gasteiger partial charge is 0.309 e. The van der Waals surface area contributed by atoms with Crippen molar-refractivity contribution in [2.45, 2.75) is 170 Å². The quantitative estimate of drug-likeness (QED) is 0.255. The molecule has 0 spiro atoms. The number of Topliss-reactive ketones (excluding diaryl/α,β-unsaturated/α-hetero) is 1. The van der Waals surface area contributed by atoms with Crippen LogP contribution >= 0.6 is 0 Å². The van der Waals surface area contributed by atoms with Crippen molar-refractivity contribution in [2.24, 2.45) is 56.2 Å². The van der Waals surface area contributed by atoms with Crippen LogP contribution in [0.5, 0.6) is 0 Å². The van der Waals surface area contributed by atoms with Gasteiger partial charge in [-0.2, -0.15) is 0 Å². The average molecular weight is 716 g/mol. The van der Waals surface area contributed by atoms with Crippen molar-refractivity contribution in [1.29, 1.82) is 0 Å². The van der Waals surface area contributed by atoms with Gasteiger partial charge in [-0.1, -0.05) is 48.5 Å². The number of carboxylic acids is 1. The van der Waals surface area contributed by atoms with Gasteiger partial charge >= 0.3 is 11.9 Å². The van der Waals surface area contributed by atoms with Crippen LogP contribution in [0.2, 0.25) is 0 Å². The Morgan fingerprint density at radius 1 is 0.863 bits per heavy atom. The van der Waals surface area contributed by atoms with E-state index in [0.717, 1.165) is 56.1 Å². The van der Waals surface area contributed by atoms with Gasteiger partial charge in [0, 0.05) is 30.7 Å². The molecule has 0 aliphatic heterocycles. The molecule has 8 atom stereocenters. The Morgan fingerprint density at radius 2 is 1.51 bits per heavy atom. The molecule has 1 amide bonds. The predicted molar refractivity (Wildman–Crippen MR) is 191 cm³/mol. The van der Waals surface area contributed by atoms with Crippen molar-refractivity contribution >= 4 is 23.6 Å². The maximum Gasteiger partial charge on any atom is 0.309 e. The van der Waals surface area contributed by atoms with Gasteiger partial charge < -0.3 is 15.2 Å². The van der Waals surface area contributed by atoms with E-state index in [2.05, 4.69) is 53.8 Å². The van der Waals surface area contributed by atoms with E-state index in [1.54, 1.807) is 13.8 Å². The van der Waals surface area contributed by atoms with Crippen LogP contribution in [0.25, 0.3) is 0 Å². The highest BCUT2D eigenvalue weighted by Gasteiger charge is 2.71. The van der Waals surface area contributed by atoms with Gasteiger partial charge in [0.25, 0.3) is 0 Å². The molecular formula is C42H63F2NO6. The number of amides is 1. The van der Waals surface area contributed by atoms with Crippen LogP contribution in [0.4, 0.5) is 8.78 Å². The number of alkyl halides is 2. The Bertz CT molecular complexity index is 1510.